The molecule has 2 aromatic rings. The third-order valence-electron chi connectivity index (χ3n) is 4.55. The van der Waals surface area contributed by atoms with E-state index in [0.717, 1.165) is 27.4 Å². The van der Waals surface area contributed by atoms with Crippen LogP contribution in [0.15, 0.2) is 48.5 Å². The zero-order valence-corrected chi connectivity index (χ0v) is 18.3. The van der Waals surface area contributed by atoms with E-state index in [1.54, 1.807) is 12.1 Å². The zero-order chi connectivity index (χ0) is 21.4. The first kappa shape index (κ1) is 22.7. The van der Waals surface area contributed by atoms with Gasteiger partial charge in [-0.25, -0.2) is 8.42 Å². The second-order valence-electron chi connectivity index (χ2n) is 7.14. The van der Waals surface area contributed by atoms with E-state index in [2.05, 4.69) is 19.2 Å². The molecule has 0 aromatic heterocycles. The van der Waals surface area contributed by atoms with Crippen molar-refractivity contribution in [3.63, 3.8) is 0 Å². The lowest BCUT2D eigenvalue weighted by molar-refractivity contribution is -0.119. The van der Waals surface area contributed by atoms with E-state index in [0.29, 0.717) is 24.6 Å². The Morgan fingerprint density at radius 1 is 1.10 bits per heavy atom. The molecule has 0 saturated heterocycles. The summed E-state index contributed by atoms with van der Waals surface area (Å²) in [4.78, 5) is 12.4. The van der Waals surface area contributed by atoms with Gasteiger partial charge in [0.05, 0.1) is 18.5 Å². The number of rotatable bonds is 10. The quantitative estimate of drug-likeness (QED) is 0.601. The molecule has 1 amide bonds. The Hall–Kier alpha value is -2.54. The van der Waals surface area contributed by atoms with Crippen LogP contribution >= 0.6 is 0 Å². The lowest BCUT2D eigenvalue weighted by Crippen LogP contribution is -2.41. The van der Waals surface area contributed by atoms with Gasteiger partial charge in [0.2, 0.25) is 15.9 Å². The number of benzene rings is 2. The summed E-state index contributed by atoms with van der Waals surface area (Å²) in [6.45, 7) is 6.47. The first-order valence-electron chi connectivity index (χ1n) is 9.78. The topological polar surface area (TPSA) is 75.7 Å². The fourth-order valence-electron chi connectivity index (χ4n) is 3.06. The Morgan fingerprint density at radius 3 is 2.41 bits per heavy atom. The molecule has 2 rings (SSSR count). The van der Waals surface area contributed by atoms with E-state index in [1.165, 1.54) is 0 Å². The van der Waals surface area contributed by atoms with Gasteiger partial charge in [0, 0.05) is 0 Å². The van der Waals surface area contributed by atoms with Gasteiger partial charge in [-0.2, -0.15) is 0 Å². The SMILES string of the molecule is CCc1ccccc1N(CC(=O)NCCOc1ccccc1C(C)C)S(C)(=O)=O. The number of anilines is 1. The van der Waals surface area contributed by atoms with Crippen molar-refractivity contribution >= 4 is 21.6 Å². The van der Waals surface area contributed by atoms with Crippen LogP contribution in [0.4, 0.5) is 5.69 Å². The van der Waals surface area contributed by atoms with E-state index < -0.39 is 10.0 Å². The standard InChI is InChI=1S/C22H30N2O4S/c1-5-18-10-6-8-12-20(18)24(29(4,26)27)16-22(25)23-14-15-28-21-13-9-7-11-19(21)17(2)3/h6-13,17H,5,14-16H2,1-4H3,(H,23,25). The van der Waals surface area contributed by atoms with Gasteiger partial charge in [-0.1, -0.05) is 57.2 Å². The number of aryl methyl sites for hydroxylation is 1. The molecule has 0 atom stereocenters. The lowest BCUT2D eigenvalue weighted by Gasteiger charge is -2.24. The van der Waals surface area contributed by atoms with Crippen molar-refractivity contribution in [2.45, 2.75) is 33.1 Å². The van der Waals surface area contributed by atoms with Crippen LogP contribution in [0.1, 0.15) is 37.8 Å². The molecule has 158 valence electrons. The molecule has 0 fully saturated rings. The van der Waals surface area contributed by atoms with Crippen LogP contribution in [-0.4, -0.2) is 40.3 Å². The number of carbonyl (C=O) groups is 1. The number of carbonyl (C=O) groups excluding carboxylic acids is 1. The molecule has 7 heteroatoms. The molecular weight excluding hydrogens is 388 g/mol. The van der Waals surface area contributed by atoms with Gasteiger partial charge in [0.15, 0.2) is 0 Å². The smallest absolute Gasteiger partial charge is 0.240 e. The number of hydrogen-bond acceptors (Lipinski definition) is 4. The number of nitrogens with one attached hydrogen (secondary N) is 1. The van der Waals surface area contributed by atoms with Crippen molar-refractivity contribution in [2.75, 3.05) is 30.3 Å². The normalized spacial score (nSPS) is 11.3. The number of sulfonamides is 1. The van der Waals surface area contributed by atoms with E-state index in [4.69, 9.17) is 4.74 Å². The second-order valence-corrected chi connectivity index (χ2v) is 9.05. The monoisotopic (exact) mass is 418 g/mol. The Bertz CT molecular complexity index is 926. The van der Waals surface area contributed by atoms with Gasteiger partial charge >= 0.3 is 0 Å². The fraction of sp³-hybridized carbons (Fsp3) is 0.409. The summed E-state index contributed by atoms with van der Waals surface area (Å²) < 4.78 is 31.5. The van der Waals surface area contributed by atoms with Crippen molar-refractivity contribution in [2.24, 2.45) is 0 Å². The summed E-state index contributed by atoms with van der Waals surface area (Å²) in [6, 6.07) is 15.0. The van der Waals surface area contributed by atoms with Crippen LogP contribution in [-0.2, 0) is 21.2 Å². The predicted octanol–water partition coefficient (Wildman–Crippen LogP) is 3.33. The van der Waals surface area contributed by atoms with Crippen LogP contribution in [0, 0.1) is 0 Å². The van der Waals surface area contributed by atoms with Crippen molar-refractivity contribution in [3.8, 4) is 5.75 Å². The van der Waals surface area contributed by atoms with E-state index >= 15 is 0 Å². The minimum Gasteiger partial charge on any atom is -0.491 e. The van der Waals surface area contributed by atoms with Crippen LogP contribution in [0.5, 0.6) is 5.75 Å². The van der Waals surface area contributed by atoms with Gasteiger partial charge in [0.1, 0.15) is 18.9 Å². The fourth-order valence-corrected chi connectivity index (χ4v) is 3.95. The van der Waals surface area contributed by atoms with Crippen LogP contribution in [0.25, 0.3) is 0 Å². The van der Waals surface area contributed by atoms with Crippen molar-refractivity contribution in [1.82, 2.24) is 5.32 Å². The molecule has 1 N–H and O–H groups in total. The number of hydrogen-bond donors (Lipinski definition) is 1. The Morgan fingerprint density at radius 2 is 1.76 bits per heavy atom. The van der Waals surface area contributed by atoms with E-state index in [1.807, 2.05) is 43.3 Å². The molecular formula is C22H30N2O4S. The van der Waals surface area contributed by atoms with E-state index in [-0.39, 0.29) is 19.0 Å². The Balaban J connectivity index is 1.96. The van der Waals surface area contributed by atoms with E-state index in [9.17, 15) is 13.2 Å². The van der Waals surface area contributed by atoms with Gasteiger partial charge < -0.3 is 10.1 Å². The largest absolute Gasteiger partial charge is 0.491 e. The van der Waals surface area contributed by atoms with Crippen LogP contribution < -0.4 is 14.4 Å². The predicted molar refractivity (Wildman–Crippen MR) is 117 cm³/mol. The summed E-state index contributed by atoms with van der Waals surface area (Å²) in [5.74, 6) is 0.760. The Labute approximate surface area is 173 Å². The molecule has 0 heterocycles. The Kier molecular flexibility index (Phi) is 8.08. The maximum Gasteiger partial charge on any atom is 0.240 e. The third-order valence-corrected chi connectivity index (χ3v) is 5.68. The summed E-state index contributed by atoms with van der Waals surface area (Å²) in [5.41, 5.74) is 2.52. The number of para-hydroxylation sites is 2. The molecule has 0 aliphatic heterocycles. The molecule has 2 aromatic carbocycles. The average Bonchev–Trinajstić information content (AvgIpc) is 2.68. The molecule has 0 radical (unpaired) electrons. The van der Waals surface area contributed by atoms with Crippen LogP contribution in [0.2, 0.25) is 0 Å². The highest BCUT2D eigenvalue weighted by Crippen LogP contribution is 2.25. The maximum absolute atomic E-state index is 12.4. The second kappa shape index (κ2) is 10.3. The number of nitrogens with zero attached hydrogens (tertiary/aromatic N) is 1. The minimum absolute atomic E-state index is 0.265. The van der Waals surface area contributed by atoms with Crippen molar-refractivity contribution in [1.29, 1.82) is 0 Å². The summed E-state index contributed by atoms with van der Waals surface area (Å²) in [5, 5.41) is 2.74. The molecule has 29 heavy (non-hydrogen) atoms. The average molecular weight is 419 g/mol. The summed E-state index contributed by atoms with van der Waals surface area (Å²) in [7, 11) is -3.59. The maximum atomic E-state index is 12.4. The van der Waals surface area contributed by atoms with Gasteiger partial charge in [-0.05, 0) is 35.6 Å². The first-order chi connectivity index (χ1) is 13.7. The van der Waals surface area contributed by atoms with Crippen LogP contribution in [0.3, 0.4) is 0 Å². The van der Waals surface area contributed by atoms with Crippen molar-refractivity contribution < 1.29 is 17.9 Å². The molecule has 0 aliphatic carbocycles. The first-order valence-corrected chi connectivity index (χ1v) is 11.6. The minimum atomic E-state index is -3.59. The van der Waals surface area contributed by atoms with Gasteiger partial charge in [-0.3, -0.25) is 9.10 Å². The highest BCUT2D eigenvalue weighted by Gasteiger charge is 2.22. The molecule has 0 unspecified atom stereocenters. The lowest BCUT2D eigenvalue weighted by atomic mass is 10.0. The highest BCUT2D eigenvalue weighted by atomic mass is 32.2. The van der Waals surface area contributed by atoms with Gasteiger partial charge in [0.25, 0.3) is 0 Å². The summed E-state index contributed by atoms with van der Waals surface area (Å²) >= 11 is 0. The molecule has 0 saturated carbocycles. The molecule has 0 aliphatic rings. The van der Waals surface area contributed by atoms with Crippen molar-refractivity contribution in [3.05, 3.63) is 59.7 Å². The molecule has 0 spiro atoms. The van der Waals surface area contributed by atoms with Gasteiger partial charge in [-0.15, -0.1) is 0 Å². The molecule has 0 bridgehead atoms. The third kappa shape index (κ3) is 6.49. The highest BCUT2D eigenvalue weighted by molar-refractivity contribution is 7.92. The summed E-state index contributed by atoms with van der Waals surface area (Å²) in [6.07, 6.45) is 1.78. The number of amides is 1. The molecule has 6 nitrogen and oxygen atoms in total. The zero-order valence-electron chi connectivity index (χ0n) is 17.5. The number of ether oxygens (including phenoxy) is 1.